The van der Waals surface area contributed by atoms with Crippen molar-refractivity contribution in [2.75, 3.05) is 31.1 Å². The third-order valence-electron chi connectivity index (χ3n) is 9.16. The summed E-state index contributed by atoms with van der Waals surface area (Å²) in [5, 5.41) is 12.9. The Balaban J connectivity index is 0.868. The Kier molecular flexibility index (Phi) is 7.52. The average Bonchev–Trinajstić information content (AvgIpc) is 3.75. The lowest BCUT2D eigenvalue weighted by Crippen LogP contribution is -2.44. The molecule has 2 aliphatic heterocycles. The summed E-state index contributed by atoms with van der Waals surface area (Å²) < 4.78 is 5.66. The molecule has 7 rings (SSSR count). The van der Waals surface area contributed by atoms with E-state index in [-0.39, 0.29) is 17.5 Å². The molecule has 2 heterocycles. The highest BCUT2D eigenvalue weighted by Gasteiger charge is 2.42. The molecule has 4 aromatic carbocycles. The number of carbonyl (C=O) groups excluding carboxylic acids is 2. The molecule has 2 atom stereocenters. The van der Waals surface area contributed by atoms with E-state index >= 15 is 0 Å². The van der Waals surface area contributed by atoms with Crippen LogP contribution < -0.4 is 10.2 Å². The van der Waals surface area contributed by atoms with Crippen molar-refractivity contribution < 1.29 is 19.4 Å². The second-order valence-electron chi connectivity index (χ2n) is 11.8. The maximum Gasteiger partial charge on any atom is 0.407 e. The van der Waals surface area contributed by atoms with Crippen LogP contribution in [0.15, 0.2) is 109 Å². The zero-order valence-corrected chi connectivity index (χ0v) is 24.4. The molecule has 2 saturated heterocycles. The lowest BCUT2D eigenvalue weighted by Gasteiger charge is -2.35. The van der Waals surface area contributed by atoms with Crippen molar-refractivity contribution in [2.24, 2.45) is 0 Å². The van der Waals surface area contributed by atoms with Crippen molar-refractivity contribution in [1.82, 2.24) is 10.2 Å². The first-order valence-corrected chi connectivity index (χ1v) is 15.3. The lowest BCUT2D eigenvalue weighted by atomic mass is 9.98. The van der Waals surface area contributed by atoms with Crippen molar-refractivity contribution >= 4 is 17.6 Å². The summed E-state index contributed by atoms with van der Waals surface area (Å²) in [5.74, 6) is -0.130. The van der Waals surface area contributed by atoms with E-state index in [4.69, 9.17) is 4.74 Å². The molecule has 3 aliphatic rings. The number of nitrogens with one attached hydrogen (secondary N) is 1. The monoisotopic (exact) mass is 585 g/mol. The molecule has 0 spiro atoms. The van der Waals surface area contributed by atoms with Gasteiger partial charge in [0.2, 0.25) is 0 Å². The molecule has 0 unspecified atom stereocenters. The van der Waals surface area contributed by atoms with Crippen LogP contribution in [0.3, 0.4) is 0 Å². The Labute approximate surface area is 257 Å². The smallest absolute Gasteiger partial charge is 0.407 e. The zero-order valence-electron chi connectivity index (χ0n) is 24.4. The zero-order chi connectivity index (χ0) is 30.0. The van der Waals surface area contributed by atoms with Crippen molar-refractivity contribution in [3.8, 4) is 16.9 Å². The summed E-state index contributed by atoms with van der Waals surface area (Å²) in [6.45, 7) is 2.58. The number of benzene rings is 4. The number of fused-ring (bicyclic) bond motifs is 5. The van der Waals surface area contributed by atoms with Gasteiger partial charge in [-0.1, -0.05) is 72.8 Å². The Morgan fingerprint density at radius 1 is 0.841 bits per heavy atom. The van der Waals surface area contributed by atoms with Crippen LogP contribution in [0.25, 0.3) is 11.1 Å². The number of allylic oxidation sites excluding steroid dienone is 1. The second kappa shape index (κ2) is 11.9. The van der Waals surface area contributed by atoms with E-state index in [2.05, 4.69) is 63.6 Å². The van der Waals surface area contributed by atoms with Gasteiger partial charge in [-0.3, -0.25) is 4.79 Å². The number of anilines is 1. The topological polar surface area (TPSA) is 82.1 Å². The molecule has 7 nitrogen and oxygen atoms in total. The van der Waals surface area contributed by atoms with Crippen LogP contribution >= 0.6 is 0 Å². The van der Waals surface area contributed by atoms with E-state index in [1.54, 1.807) is 24.3 Å². The highest BCUT2D eigenvalue weighted by Crippen LogP contribution is 2.44. The van der Waals surface area contributed by atoms with Gasteiger partial charge in [0, 0.05) is 55.6 Å². The van der Waals surface area contributed by atoms with Crippen LogP contribution in [0.5, 0.6) is 5.75 Å². The SMILES string of the molecule is O=C(NCCc1ccc(N2C[C@H]3C[C@@H]2CN3/C=C/C(=O)c2ccccc2O)cc1)OCC1c2ccccc2-c2ccccc21. The number of ether oxygens (including phenoxy) is 1. The first-order valence-electron chi connectivity index (χ1n) is 15.3. The van der Waals surface area contributed by atoms with E-state index in [0.717, 1.165) is 31.5 Å². The van der Waals surface area contributed by atoms with E-state index < -0.39 is 6.09 Å². The number of hydrogen-bond acceptors (Lipinski definition) is 6. The molecule has 222 valence electrons. The van der Waals surface area contributed by atoms with E-state index in [1.165, 1.54) is 34.0 Å². The summed E-state index contributed by atoms with van der Waals surface area (Å²) in [6, 6.07) is 32.6. The summed E-state index contributed by atoms with van der Waals surface area (Å²) in [4.78, 5) is 29.7. The number of phenolic OH excluding ortho intramolecular Hbond substituents is 1. The van der Waals surface area contributed by atoms with Crippen LogP contribution in [0.4, 0.5) is 10.5 Å². The van der Waals surface area contributed by atoms with Crippen molar-refractivity contribution in [3.63, 3.8) is 0 Å². The number of likely N-dealkylation sites (tertiary alicyclic amines) is 1. The highest BCUT2D eigenvalue weighted by molar-refractivity contribution is 6.06. The van der Waals surface area contributed by atoms with Crippen molar-refractivity contribution in [2.45, 2.75) is 30.8 Å². The fraction of sp³-hybridized carbons (Fsp3) is 0.243. The number of ketones is 1. The van der Waals surface area contributed by atoms with Gasteiger partial charge in [-0.05, 0) is 64.9 Å². The third-order valence-corrected chi connectivity index (χ3v) is 9.16. The van der Waals surface area contributed by atoms with Crippen molar-refractivity contribution in [3.05, 3.63) is 132 Å². The molecule has 1 amide bonds. The largest absolute Gasteiger partial charge is 0.507 e. The van der Waals surface area contributed by atoms with Gasteiger partial charge in [0.15, 0.2) is 5.78 Å². The standard InChI is InChI=1S/C37H35N3O4/c41-35-12-6-5-11-33(35)36(42)18-20-39-22-28-21-27(39)23-40(28)26-15-13-25(14-16-26)17-19-38-37(43)44-24-34-31-9-3-1-7-29(31)30-8-2-4-10-32(30)34/h1-16,18,20,27-28,34,41H,17,19,21-24H2,(H,38,43)/b20-18+/t27-,28-/m1/s1. The molecule has 0 radical (unpaired) electrons. The van der Waals surface area contributed by atoms with Crippen LogP contribution in [0.2, 0.25) is 0 Å². The number of rotatable bonds is 9. The molecular weight excluding hydrogens is 550 g/mol. The molecule has 44 heavy (non-hydrogen) atoms. The van der Waals surface area contributed by atoms with Crippen molar-refractivity contribution in [1.29, 1.82) is 0 Å². The quantitative estimate of drug-likeness (QED) is 0.182. The van der Waals surface area contributed by atoms with Crippen LogP contribution in [-0.2, 0) is 11.2 Å². The average molecular weight is 586 g/mol. The summed E-state index contributed by atoms with van der Waals surface area (Å²) in [6.07, 6.45) is 4.83. The molecule has 0 aromatic heterocycles. The predicted octanol–water partition coefficient (Wildman–Crippen LogP) is 6.13. The number of hydrogen-bond donors (Lipinski definition) is 2. The number of nitrogens with zero attached hydrogens (tertiary/aromatic N) is 2. The molecule has 0 saturated carbocycles. The first kappa shape index (κ1) is 27.8. The number of amides is 1. The fourth-order valence-electron chi connectivity index (χ4n) is 6.94. The Hall–Kier alpha value is -5.04. The van der Waals surface area contributed by atoms with Gasteiger partial charge in [-0.2, -0.15) is 0 Å². The molecule has 2 N–H and O–H groups in total. The molecule has 1 aliphatic carbocycles. The summed E-state index contributed by atoms with van der Waals surface area (Å²) in [5.41, 5.74) is 7.52. The van der Waals surface area contributed by atoms with E-state index in [1.807, 2.05) is 30.5 Å². The Morgan fingerprint density at radius 3 is 2.20 bits per heavy atom. The second-order valence-corrected chi connectivity index (χ2v) is 11.8. The number of para-hydroxylation sites is 1. The lowest BCUT2D eigenvalue weighted by molar-refractivity contribution is 0.104. The maximum atomic E-state index is 12.5. The van der Waals surface area contributed by atoms with Crippen LogP contribution in [0, 0.1) is 0 Å². The molecule has 2 fully saturated rings. The van der Waals surface area contributed by atoms with Gasteiger partial charge in [0.1, 0.15) is 12.4 Å². The van der Waals surface area contributed by atoms with Crippen LogP contribution in [-0.4, -0.2) is 60.2 Å². The fourth-order valence-corrected chi connectivity index (χ4v) is 6.94. The van der Waals surface area contributed by atoms with Gasteiger partial charge >= 0.3 is 6.09 Å². The summed E-state index contributed by atoms with van der Waals surface area (Å²) >= 11 is 0. The molecule has 7 heteroatoms. The molecular formula is C37H35N3O4. The van der Waals surface area contributed by atoms with Gasteiger partial charge in [0.05, 0.1) is 5.56 Å². The van der Waals surface area contributed by atoms with Gasteiger partial charge in [-0.15, -0.1) is 0 Å². The Morgan fingerprint density at radius 2 is 1.52 bits per heavy atom. The minimum atomic E-state index is -0.391. The minimum Gasteiger partial charge on any atom is -0.507 e. The maximum absolute atomic E-state index is 12.5. The van der Waals surface area contributed by atoms with Gasteiger partial charge in [0.25, 0.3) is 0 Å². The normalized spacial score (nSPS) is 18.5. The van der Waals surface area contributed by atoms with Crippen LogP contribution in [0.1, 0.15) is 39.4 Å². The van der Waals surface area contributed by atoms with E-state index in [9.17, 15) is 14.7 Å². The van der Waals surface area contributed by atoms with Gasteiger partial charge < -0.3 is 25.0 Å². The summed E-state index contributed by atoms with van der Waals surface area (Å²) in [7, 11) is 0. The van der Waals surface area contributed by atoms with Gasteiger partial charge in [-0.25, -0.2) is 4.79 Å². The minimum absolute atomic E-state index is 0.00716. The highest BCUT2D eigenvalue weighted by atomic mass is 16.5. The number of carbonyl (C=O) groups is 2. The third kappa shape index (κ3) is 5.41. The molecule has 2 bridgehead atoms. The number of alkyl carbamates (subject to hydrolysis) is 1. The number of piperazine rings is 1. The Bertz CT molecular complexity index is 1670. The first-order chi connectivity index (χ1) is 21.5. The number of aromatic hydroxyl groups is 1. The van der Waals surface area contributed by atoms with E-state index in [0.29, 0.717) is 30.8 Å². The predicted molar refractivity (Wildman–Crippen MR) is 171 cm³/mol. The molecule has 4 aromatic rings. The number of phenols is 1.